The van der Waals surface area contributed by atoms with Gasteiger partial charge >= 0.3 is 0 Å². The zero-order chi connectivity index (χ0) is 14.0. The van der Waals surface area contributed by atoms with Gasteiger partial charge in [0, 0.05) is 10.5 Å². The fourth-order valence-corrected chi connectivity index (χ4v) is 2.04. The highest BCUT2D eigenvalue weighted by Crippen LogP contribution is 2.43. The van der Waals surface area contributed by atoms with E-state index in [1.54, 1.807) is 18.2 Å². The second-order valence-electron chi connectivity index (χ2n) is 3.94. The highest BCUT2D eigenvalue weighted by atomic mass is 16.6. The SMILES string of the molecule is COc1cccc2c1OC(N)=C(C#N)C2C[N+](=O)[O-]. The van der Waals surface area contributed by atoms with Gasteiger partial charge in [-0.2, -0.15) is 5.26 Å². The molecule has 1 atom stereocenters. The second-order valence-corrected chi connectivity index (χ2v) is 3.94. The number of hydrogen-bond acceptors (Lipinski definition) is 6. The predicted octanol–water partition coefficient (Wildman–Crippen LogP) is 1.14. The summed E-state index contributed by atoms with van der Waals surface area (Å²) in [6.07, 6.45) is 0. The summed E-state index contributed by atoms with van der Waals surface area (Å²) in [5.41, 5.74) is 6.25. The molecule has 2 rings (SSSR count). The predicted molar refractivity (Wildman–Crippen MR) is 65.1 cm³/mol. The van der Waals surface area contributed by atoms with Crippen LogP contribution in [-0.4, -0.2) is 18.6 Å². The summed E-state index contributed by atoms with van der Waals surface area (Å²) in [7, 11) is 1.46. The van der Waals surface area contributed by atoms with E-state index in [0.29, 0.717) is 17.1 Å². The van der Waals surface area contributed by atoms with Crippen molar-refractivity contribution < 1.29 is 14.4 Å². The van der Waals surface area contributed by atoms with Crippen molar-refractivity contribution in [3.8, 4) is 17.6 Å². The van der Waals surface area contributed by atoms with Crippen molar-refractivity contribution in [2.24, 2.45) is 5.73 Å². The average molecular weight is 261 g/mol. The maximum absolute atomic E-state index is 10.8. The van der Waals surface area contributed by atoms with Crippen LogP contribution in [0.1, 0.15) is 11.5 Å². The van der Waals surface area contributed by atoms with Crippen molar-refractivity contribution in [2.45, 2.75) is 5.92 Å². The molecule has 1 aromatic carbocycles. The van der Waals surface area contributed by atoms with Crippen LogP contribution in [0, 0.1) is 21.4 Å². The van der Waals surface area contributed by atoms with Crippen molar-refractivity contribution in [1.82, 2.24) is 0 Å². The Morgan fingerprint density at radius 2 is 2.37 bits per heavy atom. The number of methoxy groups -OCH3 is 1. The quantitative estimate of drug-likeness (QED) is 0.645. The van der Waals surface area contributed by atoms with Gasteiger partial charge in [-0.05, 0) is 6.07 Å². The number of fused-ring (bicyclic) bond motifs is 1. The van der Waals surface area contributed by atoms with Gasteiger partial charge in [-0.1, -0.05) is 12.1 Å². The first-order chi connectivity index (χ1) is 9.08. The maximum Gasteiger partial charge on any atom is 0.215 e. The van der Waals surface area contributed by atoms with Crippen molar-refractivity contribution in [3.63, 3.8) is 0 Å². The van der Waals surface area contributed by atoms with E-state index < -0.39 is 17.4 Å². The summed E-state index contributed by atoms with van der Waals surface area (Å²) in [5.74, 6) is -0.0932. The van der Waals surface area contributed by atoms with Crippen molar-refractivity contribution >= 4 is 0 Å². The van der Waals surface area contributed by atoms with Gasteiger partial charge in [0.1, 0.15) is 11.6 Å². The number of ether oxygens (including phenoxy) is 2. The van der Waals surface area contributed by atoms with Gasteiger partial charge in [0.15, 0.2) is 11.5 Å². The lowest BCUT2D eigenvalue weighted by molar-refractivity contribution is -0.482. The van der Waals surface area contributed by atoms with Gasteiger partial charge in [-0.3, -0.25) is 10.1 Å². The third-order valence-corrected chi connectivity index (χ3v) is 2.88. The number of rotatable bonds is 3. The van der Waals surface area contributed by atoms with Crippen LogP contribution in [0.15, 0.2) is 29.7 Å². The second kappa shape index (κ2) is 4.86. The van der Waals surface area contributed by atoms with Crippen LogP contribution in [0.2, 0.25) is 0 Å². The zero-order valence-electron chi connectivity index (χ0n) is 10.1. The molecule has 0 spiro atoms. The number of hydrogen-bond donors (Lipinski definition) is 1. The van der Waals surface area contributed by atoms with Crippen LogP contribution in [0.5, 0.6) is 11.5 Å². The van der Waals surface area contributed by atoms with Gasteiger partial charge < -0.3 is 15.2 Å². The third-order valence-electron chi connectivity index (χ3n) is 2.88. The standard InChI is InChI=1S/C12H11N3O4/c1-18-10-4-2-3-7-9(6-15(16)17)8(5-13)12(14)19-11(7)10/h2-4,9H,6,14H2,1H3. The van der Waals surface area contributed by atoms with Gasteiger partial charge in [0.25, 0.3) is 0 Å². The van der Waals surface area contributed by atoms with E-state index in [9.17, 15) is 10.1 Å². The van der Waals surface area contributed by atoms with Crippen molar-refractivity contribution in [2.75, 3.05) is 13.7 Å². The Morgan fingerprint density at radius 3 is 2.95 bits per heavy atom. The molecule has 1 unspecified atom stereocenters. The Hall–Kier alpha value is -2.75. The lowest BCUT2D eigenvalue weighted by atomic mass is 9.89. The highest BCUT2D eigenvalue weighted by molar-refractivity contribution is 5.56. The smallest absolute Gasteiger partial charge is 0.215 e. The Balaban J connectivity index is 2.58. The summed E-state index contributed by atoms with van der Waals surface area (Å²) in [4.78, 5) is 10.3. The first kappa shape index (κ1) is 12.7. The summed E-state index contributed by atoms with van der Waals surface area (Å²) in [6.45, 7) is -0.423. The molecule has 1 aliphatic heterocycles. The zero-order valence-corrected chi connectivity index (χ0v) is 10.1. The van der Waals surface area contributed by atoms with E-state index in [2.05, 4.69) is 0 Å². The van der Waals surface area contributed by atoms with E-state index in [1.807, 2.05) is 6.07 Å². The van der Waals surface area contributed by atoms with Crippen LogP contribution in [-0.2, 0) is 0 Å². The van der Waals surface area contributed by atoms with Crippen molar-refractivity contribution in [3.05, 3.63) is 45.3 Å². The van der Waals surface area contributed by atoms with Crippen LogP contribution in [0.25, 0.3) is 0 Å². The van der Waals surface area contributed by atoms with E-state index in [4.69, 9.17) is 20.5 Å². The average Bonchev–Trinajstić information content (AvgIpc) is 2.37. The molecule has 0 fully saturated rings. The molecule has 7 nitrogen and oxygen atoms in total. The third kappa shape index (κ3) is 2.15. The molecule has 0 saturated heterocycles. The molecule has 0 saturated carbocycles. The molecule has 0 radical (unpaired) electrons. The number of para-hydroxylation sites is 1. The molecule has 1 aliphatic rings. The number of nitrogens with two attached hydrogens (primary N) is 1. The largest absolute Gasteiger partial charge is 0.493 e. The van der Waals surface area contributed by atoms with Crippen LogP contribution < -0.4 is 15.2 Å². The molecular formula is C12H11N3O4. The molecule has 1 heterocycles. The van der Waals surface area contributed by atoms with Crippen LogP contribution >= 0.6 is 0 Å². The molecule has 2 N–H and O–H groups in total. The molecule has 0 bridgehead atoms. The van der Waals surface area contributed by atoms with Crippen LogP contribution in [0.4, 0.5) is 0 Å². The maximum atomic E-state index is 10.8. The monoisotopic (exact) mass is 261 g/mol. The molecule has 98 valence electrons. The number of nitriles is 1. The molecule has 7 heteroatoms. The Labute approximate surface area is 109 Å². The summed E-state index contributed by atoms with van der Waals surface area (Å²) >= 11 is 0. The highest BCUT2D eigenvalue weighted by Gasteiger charge is 2.34. The summed E-state index contributed by atoms with van der Waals surface area (Å²) in [6, 6.07) is 6.88. The van der Waals surface area contributed by atoms with Crippen LogP contribution in [0.3, 0.4) is 0 Å². The van der Waals surface area contributed by atoms with Gasteiger partial charge in [0.05, 0.1) is 13.0 Å². The minimum atomic E-state index is -0.723. The van der Waals surface area contributed by atoms with E-state index in [-0.39, 0.29) is 11.5 Å². The Bertz CT molecular complexity index is 603. The fourth-order valence-electron chi connectivity index (χ4n) is 2.04. The number of benzene rings is 1. The minimum Gasteiger partial charge on any atom is -0.493 e. The molecular weight excluding hydrogens is 250 g/mol. The van der Waals surface area contributed by atoms with Gasteiger partial charge in [0.2, 0.25) is 12.4 Å². The first-order valence-corrected chi connectivity index (χ1v) is 5.44. The van der Waals surface area contributed by atoms with E-state index in [0.717, 1.165) is 0 Å². The Kier molecular flexibility index (Phi) is 3.25. The number of nitrogens with zero attached hydrogens (tertiary/aromatic N) is 2. The van der Waals surface area contributed by atoms with E-state index in [1.165, 1.54) is 7.11 Å². The summed E-state index contributed by atoms with van der Waals surface area (Å²) in [5, 5.41) is 19.8. The molecule has 0 amide bonds. The topological polar surface area (TPSA) is 111 Å². The first-order valence-electron chi connectivity index (χ1n) is 5.44. The van der Waals surface area contributed by atoms with Gasteiger partial charge in [-0.15, -0.1) is 0 Å². The van der Waals surface area contributed by atoms with E-state index >= 15 is 0 Å². The molecule has 0 aromatic heterocycles. The number of nitro groups is 1. The minimum absolute atomic E-state index is 0.0671. The molecule has 0 aliphatic carbocycles. The fraction of sp³-hybridized carbons (Fsp3) is 0.250. The summed E-state index contributed by atoms with van der Waals surface area (Å²) < 4.78 is 10.5. The van der Waals surface area contributed by atoms with Crippen molar-refractivity contribution in [1.29, 1.82) is 5.26 Å². The normalized spacial score (nSPS) is 17.2. The Morgan fingerprint density at radius 1 is 1.63 bits per heavy atom. The molecule has 1 aromatic rings. The lowest BCUT2D eigenvalue weighted by Gasteiger charge is -2.24. The van der Waals surface area contributed by atoms with Gasteiger partial charge in [-0.25, -0.2) is 0 Å². The molecule has 19 heavy (non-hydrogen) atoms. The lowest BCUT2D eigenvalue weighted by Crippen LogP contribution is -2.25.